The van der Waals surface area contributed by atoms with Crippen LogP contribution in [-0.4, -0.2) is 22.8 Å². The minimum atomic E-state index is -0.833. The number of carbonyl (C=O) groups is 1. The lowest BCUT2D eigenvalue weighted by atomic mass is 10.1. The molecule has 21 heavy (non-hydrogen) atoms. The van der Waals surface area contributed by atoms with E-state index in [-0.39, 0.29) is 0 Å². The van der Waals surface area contributed by atoms with Gasteiger partial charge in [-0.2, -0.15) is 0 Å². The SMILES string of the molecule is CC(=O)O.CCC=CC=C=CCCCCCCCCCO. The Bertz CT molecular complexity index is 296. The van der Waals surface area contributed by atoms with Gasteiger partial charge < -0.3 is 10.2 Å². The van der Waals surface area contributed by atoms with Crippen molar-refractivity contribution < 1.29 is 15.0 Å². The highest BCUT2D eigenvalue weighted by molar-refractivity contribution is 5.62. The number of hydrogen-bond donors (Lipinski definition) is 2. The molecule has 0 aliphatic rings. The Labute approximate surface area is 130 Å². The second-order valence-electron chi connectivity index (χ2n) is 4.88. The third-order valence-corrected chi connectivity index (χ3v) is 2.69. The van der Waals surface area contributed by atoms with Gasteiger partial charge in [0, 0.05) is 13.5 Å². The molecule has 0 saturated heterocycles. The molecule has 0 spiro atoms. The van der Waals surface area contributed by atoms with Crippen LogP contribution in [0.15, 0.2) is 30.0 Å². The van der Waals surface area contributed by atoms with Gasteiger partial charge in [-0.15, -0.1) is 5.73 Å². The lowest BCUT2D eigenvalue weighted by molar-refractivity contribution is -0.134. The number of aliphatic hydroxyl groups excluding tert-OH is 1. The molecular formula is C18H32O3. The molecule has 3 nitrogen and oxygen atoms in total. The first-order chi connectivity index (χ1) is 10.1. The number of aliphatic hydroxyl groups is 1. The van der Waals surface area contributed by atoms with Crippen molar-refractivity contribution in [1.29, 1.82) is 0 Å². The number of allylic oxidation sites excluding steroid dienone is 3. The normalized spacial score (nSPS) is 9.67. The fourth-order valence-corrected chi connectivity index (χ4v) is 1.65. The molecule has 0 amide bonds. The number of unbranched alkanes of at least 4 members (excludes halogenated alkanes) is 7. The van der Waals surface area contributed by atoms with Gasteiger partial charge in [-0.1, -0.05) is 51.2 Å². The van der Waals surface area contributed by atoms with Crippen molar-refractivity contribution in [3.8, 4) is 0 Å². The Kier molecular flexibility index (Phi) is 22.0. The van der Waals surface area contributed by atoms with E-state index >= 15 is 0 Å². The van der Waals surface area contributed by atoms with Crippen molar-refractivity contribution in [3.05, 3.63) is 30.0 Å². The average molecular weight is 296 g/mol. The second kappa shape index (κ2) is 21.0. The van der Waals surface area contributed by atoms with Gasteiger partial charge in [0.25, 0.3) is 5.97 Å². The molecular weight excluding hydrogens is 264 g/mol. The maximum absolute atomic E-state index is 9.00. The lowest BCUT2D eigenvalue weighted by Crippen LogP contribution is -1.83. The summed E-state index contributed by atoms with van der Waals surface area (Å²) < 4.78 is 0. The van der Waals surface area contributed by atoms with Gasteiger partial charge in [0.05, 0.1) is 0 Å². The van der Waals surface area contributed by atoms with Crippen molar-refractivity contribution in [2.45, 2.75) is 71.6 Å². The highest BCUT2D eigenvalue weighted by atomic mass is 16.4. The summed E-state index contributed by atoms with van der Waals surface area (Å²) in [6.07, 6.45) is 19.2. The van der Waals surface area contributed by atoms with E-state index in [1.54, 1.807) is 0 Å². The molecule has 0 rings (SSSR count). The van der Waals surface area contributed by atoms with Gasteiger partial charge in [-0.3, -0.25) is 4.79 Å². The van der Waals surface area contributed by atoms with Crippen LogP contribution in [0, 0.1) is 0 Å². The fraction of sp³-hybridized carbons (Fsp3) is 0.667. The van der Waals surface area contributed by atoms with Gasteiger partial charge in [0.2, 0.25) is 0 Å². The number of hydrogen-bond acceptors (Lipinski definition) is 2. The Morgan fingerprint density at radius 3 is 2.10 bits per heavy atom. The van der Waals surface area contributed by atoms with Crippen LogP contribution in [-0.2, 0) is 4.79 Å². The molecule has 0 atom stereocenters. The van der Waals surface area contributed by atoms with Crippen LogP contribution in [0.4, 0.5) is 0 Å². The van der Waals surface area contributed by atoms with Crippen LogP contribution in [0.2, 0.25) is 0 Å². The molecule has 0 aliphatic carbocycles. The molecule has 3 heteroatoms. The van der Waals surface area contributed by atoms with Gasteiger partial charge >= 0.3 is 0 Å². The molecule has 2 N–H and O–H groups in total. The van der Waals surface area contributed by atoms with Crippen molar-refractivity contribution in [2.24, 2.45) is 0 Å². The first-order valence-corrected chi connectivity index (χ1v) is 8.01. The number of aliphatic carboxylic acids is 1. The summed E-state index contributed by atoms with van der Waals surface area (Å²) >= 11 is 0. The highest BCUT2D eigenvalue weighted by Crippen LogP contribution is 2.08. The van der Waals surface area contributed by atoms with E-state index in [0.717, 1.165) is 26.2 Å². The summed E-state index contributed by atoms with van der Waals surface area (Å²) in [6, 6.07) is 0. The van der Waals surface area contributed by atoms with Crippen LogP contribution in [0.3, 0.4) is 0 Å². The lowest BCUT2D eigenvalue weighted by Gasteiger charge is -1.99. The molecule has 0 saturated carbocycles. The van der Waals surface area contributed by atoms with E-state index in [0.29, 0.717) is 6.61 Å². The van der Waals surface area contributed by atoms with E-state index in [4.69, 9.17) is 15.0 Å². The number of carboxylic acid groups (broad SMARTS) is 1. The average Bonchev–Trinajstić information content (AvgIpc) is 2.43. The van der Waals surface area contributed by atoms with Crippen LogP contribution < -0.4 is 0 Å². The zero-order chi connectivity index (χ0) is 16.2. The largest absolute Gasteiger partial charge is 0.481 e. The topological polar surface area (TPSA) is 57.5 Å². The smallest absolute Gasteiger partial charge is 0.300 e. The molecule has 0 aliphatic heterocycles. The van der Waals surface area contributed by atoms with Crippen molar-refractivity contribution >= 4 is 5.97 Å². The zero-order valence-corrected chi connectivity index (χ0v) is 13.7. The summed E-state index contributed by atoms with van der Waals surface area (Å²) in [5.74, 6) is -0.833. The van der Waals surface area contributed by atoms with E-state index in [2.05, 4.69) is 30.9 Å². The first kappa shape index (κ1) is 22.0. The van der Waals surface area contributed by atoms with E-state index in [9.17, 15) is 0 Å². The molecule has 0 fully saturated rings. The second-order valence-corrected chi connectivity index (χ2v) is 4.88. The number of carboxylic acids is 1. The monoisotopic (exact) mass is 296 g/mol. The first-order valence-electron chi connectivity index (χ1n) is 8.01. The Morgan fingerprint density at radius 2 is 1.57 bits per heavy atom. The molecule has 0 aromatic rings. The highest BCUT2D eigenvalue weighted by Gasteiger charge is 1.90. The molecule has 0 radical (unpaired) electrons. The van der Waals surface area contributed by atoms with Gasteiger partial charge in [0.15, 0.2) is 0 Å². The molecule has 0 aromatic carbocycles. The predicted octanol–water partition coefficient (Wildman–Crippen LogP) is 4.87. The maximum Gasteiger partial charge on any atom is 0.300 e. The van der Waals surface area contributed by atoms with E-state index in [1.807, 2.05) is 6.08 Å². The Hall–Kier alpha value is -1.31. The predicted molar refractivity (Wildman–Crippen MR) is 89.4 cm³/mol. The van der Waals surface area contributed by atoms with Gasteiger partial charge in [-0.05, 0) is 37.8 Å². The summed E-state index contributed by atoms with van der Waals surface area (Å²) in [5.41, 5.74) is 3.17. The fourth-order valence-electron chi connectivity index (χ4n) is 1.65. The molecule has 0 aromatic heterocycles. The summed E-state index contributed by atoms with van der Waals surface area (Å²) in [5, 5.41) is 16.0. The van der Waals surface area contributed by atoms with Gasteiger partial charge in [0.1, 0.15) is 0 Å². The minimum absolute atomic E-state index is 0.351. The standard InChI is InChI=1S/C16H28O.C2H4O2/c1-2-3-4-5-6-7-8-9-10-11-12-13-14-15-16-17;1-2(3)4/h3-5,7,17H,2,8-16H2,1H3;1H3,(H,3,4). The Balaban J connectivity index is 0. The van der Waals surface area contributed by atoms with Crippen LogP contribution in [0.5, 0.6) is 0 Å². The van der Waals surface area contributed by atoms with Crippen LogP contribution in [0.1, 0.15) is 71.6 Å². The minimum Gasteiger partial charge on any atom is -0.481 e. The van der Waals surface area contributed by atoms with Crippen LogP contribution >= 0.6 is 0 Å². The van der Waals surface area contributed by atoms with Crippen molar-refractivity contribution in [1.82, 2.24) is 0 Å². The molecule has 0 bridgehead atoms. The zero-order valence-electron chi connectivity index (χ0n) is 13.7. The number of rotatable bonds is 11. The van der Waals surface area contributed by atoms with Crippen molar-refractivity contribution in [2.75, 3.05) is 6.61 Å². The van der Waals surface area contributed by atoms with Gasteiger partial charge in [-0.25, -0.2) is 0 Å². The van der Waals surface area contributed by atoms with Crippen molar-refractivity contribution in [3.63, 3.8) is 0 Å². The molecule has 0 heterocycles. The van der Waals surface area contributed by atoms with Crippen LogP contribution in [0.25, 0.3) is 0 Å². The Morgan fingerprint density at radius 1 is 1.05 bits per heavy atom. The third kappa shape index (κ3) is 32.3. The quantitative estimate of drug-likeness (QED) is 0.325. The molecule has 0 unspecified atom stereocenters. The third-order valence-electron chi connectivity index (χ3n) is 2.69. The maximum atomic E-state index is 9.00. The summed E-state index contributed by atoms with van der Waals surface area (Å²) in [4.78, 5) is 9.00. The van der Waals surface area contributed by atoms with E-state index in [1.165, 1.54) is 38.5 Å². The molecule has 122 valence electrons. The van der Waals surface area contributed by atoms with E-state index < -0.39 is 5.97 Å². The summed E-state index contributed by atoms with van der Waals surface area (Å²) in [6.45, 7) is 3.57. The summed E-state index contributed by atoms with van der Waals surface area (Å²) in [7, 11) is 0.